The number of hydrogen-bond donors (Lipinski definition) is 1. The van der Waals surface area contributed by atoms with Crippen molar-refractivity contribution < 1.29 is 0 Å². The highest BCUT2D eigenvalue weighted by atomic mass is 35.5. The van der Waals surface area contributed by atoms with E-state index in [9.17, 15) is 0 Å². The van der Waals surface area contributed by atoms with Crippen LogP contribution in [0.1, 0.15) is 12.5 Å². The molecule has 0 fully saturated rings. The fourth-order valence-corrected chi connectivity index (χ4v) is 1.67. The number of aromatic nitrogens is 2. The van der Waals surface area contributed by atoms with Crippen molar-refractivity contribution in [2.24, 2.45) is 0 Å². The van der Waals surface area contributed by atoms with Gasteiger partial charge in [-0.05, 0) is 30.2 Å². The van der Waals surface area contributed by atoms with Crippen LogP contribution >= 0.6 is 11.6 Å². The molecule has 1 aromatic carbocycles. The van der Waals surface area contributed by atoms with E-state index < -0.39 is 0 Å². The van der Waals surface area contributed by atoms with Gasteiger partial charge in [0, 0.05) is 23.1 Å². The van der Waals surface area contributed by atoms with E-state index in [0.29, 0.717) is 0 Å². The molecule has 0 aliphatic rings. The second kappa shape index (κ2) is 4.94. The van der Waals surface area contributed by atoms with E-state index in [0.717, 1.165) is 28.5 Å². The van der Waals surface area contributed by atoms with Gasteiger partial charge in [0.05, 0.1) is 6.20 Å². The Morgan fingerprint density at radius 1 is 1.31 bits per heavy atom. The minimum Gasteiger partial charge on any atom is -0.339 e. The molecular weight excluding hydrogens is 222 g/mol. The second-order valence-electron chi connectivity index (χ2n) is 3.37. The minimum absolute atomic E-state index is 0.736. The summed E-state index contributed by atoms with van der Waals surface area (Å²) in [5, 5.41) is 3.97. The molecule has 2 rings (SSSR count). The van der Waals surface area contributed by atoms with Gasteiger partial charge in [-0.15, -0.1) is 0 Å². The lowest BCUT2D eigenvalue weighted by Crippen LogP contribution is -1.97. The van der Waals surface area contributed by atoms with Crippen molar-refractivity contribution in [2.75, 3.05) is 5.32 Å². The fraction of sp³-hybridized carbons (Fsp3) is 0.167. The predicted octanol–water partition coefficient (Wildman–Crippen LogP) is 3.44. The van der Waals surface area contributed by atoms with Crippen molar-refractivity contribution in [3.05, 3.63) is 47.4 Å². The van der Waals surface area contributed by atoms with Gasteiger partial charge in [-0.1, -0.05) is 18.5 Å². The van der Waals surface area contributed by atoms with Crippen LogP contribution in [0.25, 0.3) is 0 Å². The van der Waals surface area contributed by atoms with Gasteiger partial charge >= 0.3 is 0 Å². The zero-order chi connectivity index (χ0) is 11.4. The smallest absolute Gasteiger partial charge is 0.148 e. The molecule has 1 N–H and O–H groups in total. The van der Waals surface area contributed by atoms with Gasteiger partial charge in [-0.2, -0.15) is 0 Å². The molecule has 82 valence electrons. The second-order valence-corrected chi connectivity index (χ2v) is 3.81. The molecule has 0 aliphatic carbocycles. The van der Waals surface area contributed by atoms with Gasteiger partial charge in [0.2, 0.25) is 0 Å². The Morgan fingerprint density at radius 2 is 2.19 bits per heavy atom. The summed E-state index contributed by atoms with van der Waals surface area (Å²) in [6, 6.07) is 5.77. The first-order valence-corrected chi connectivity index (χ1v) is 5.49. The molecule has 16 heavy (non-hydrogen) atoms. The van der Waals surface area contributed by atoms with Gasteiger partial charge in [0.1, 0.15) is 5.82 Å². The van der Waals surface area contributed by atoms with E-state index in [1.807, 2.05) is 18.2 Å². The topological polar surface area (TPSA) is 37.8 Å². The fourth-order valence-electron chi connectivity index (χ4n) is 1.48. The highest BCUT2D eigenvalue weighted by Gasteiger charge is 2.02. The van der Waals surface area contributed by atoms with Crippen LogP contribution in [0, 0.1) is 0 Å². The molecule has 3 nitrogen and oxygen atoms in total. The third-order valence-corrected chi connectivity index (χ3v) is 2.51. The van der Waals surface area contributed by atoms with Crippen molar-refractivity contribution in [3.8, 4) is 0 Å². The highest BCUT2D eigenvalue weighted by Crippen LogP contribution is 2.23. The molecule has 1 aromatic heterocycles. The van der Waals surface area contributed by atoms with Crippen LogP contribution in [0.3, 0.4) is 0 Å². The Labute approximate surface area is 99.5 Å². The molecule has 0 atom stereocenters. The van der Waals surface area contributed by atoms with E-state index in [1.165, 1.54) is 0 Å². The Morgan fingerprint density at radius 3 is 2.88 bits per heavy atom. The molecule has 0 saturated carbocycles. The van der Waals surface area contributed by atoms with E-state index in [2.05, 4.69) is 22.2 Å². The third-order valence-electron chi connectivity index (χ3n) is 2.27. The Hall–Kier alpha value is -1.61. The maximum Gasteiger partial charge on any atom is 0.148 e. The Bertz CT molecular complexity index is 471. The zero-order valence-corrected chi connectivity index (χ0v) is 9.70. The summed E-state index contributed by atoms with van der Waals surface area (Å²) in [5.74, 6) is 0.736. The predicted molar refractivity (Wildman–Crippen MR) is 66.1 cm³/mol. The lowest BCUT2D eigenvalue weighted by atomic mass is 10.1. The van der Waals surface area contributed by atoms with E-state index in [-0.39, 0.29) is 0 Å². The maximum absolute atomic E-state index is 5.94. The summed E-state index contributed by atoms with van der Waals surface area (Å²) in [5.41, 5.74) is 2.19. The summed E-state index contributed by atoms with van der Waals surface area (Å²) >= 11 is 5.94. The van der Waals surface area contributed by atoms with Crippen LogP contribution in [0.2, 0.25) is 5.02 Å². The molecule has 0 unspecified atom stereocenters. The quantitative estimate of drug-likeness (QED) is 0.883. The van der Waals surface area contributed by atoms with E-state index >= 15 is 0 Å². The average Bonchev–Trinajstić information content (AvgIpc) is 2.33. The third kappa shape index (κ3) is 2.49. The van der Waals surface area contributed by atoms with E-state index in [4.69, 9.17) is 11.6 Å². The summed E-state index contributed by atoms with van der Waals surface area (Å²) in [4.78, 5) is 8.17. The number of aryl methyl sites for hydroxylation is 1. The van der Waals surface area contributed by atoms with Crippen molar-refractivity contribution >= 4 is 23.1 Å². The van der Waals surface area contributed by atoms with Gasteiger partial charge in [0.15, 0.2) is 0 Å². The molecule has 1 heterocycles. The number of halogens is 1. The number of hydrogen-bond acceptors (Lipinski definition) is 3. The monoisotopic (exact) mass is 233 g/mol. The molecule has 0 bridgehead atoms. The number of benzene rings is 1. The van der Waals surface area contributed by atoms with Crippen LogP contribution in [-0.4, -0.2) is 9.97 Å². The van der Waals surface area contributed by atoms with Gasteiger partial charge in [-0.25, -0.2) is 4.98 Å². The van der Waals surface area contributed by atoms with Gasteiger partial charge in [-0.3, -0.25) is 4.98 Å². The van der Waals surface area contributed by atoms with Crippen molar-refractivity contribution in [3.63, 3.8) is 0 Å². The summed E-state index contributed by atoms with van der Waals surface area (Å²) in [6.07, 6.45) is 5.91. The lowest BCUT2D eigenvalue weighted by molar-refractivity contribution is 1.13. The number of nitrogens with zero attached hydrogens (tertiary/aromatic N) is 2. The standard InChI is InChI=1S/C12H12ClN3/c1-2-9-7-10(13)3-4-11(9)16-12-8-14-5-6-15-12/h3-8H,2H2,1H3,(H,15,16). The largest absolute Gasteiger partial charge is 0.339 e. The molecule has 0 radical (unpaired) electrons. The summed E-state index contributed by atoms with van der Waals surface area (Å²) in [7, 11) is 0. The van der Waals surface area contributed by atoms with Gasteiger partial charge in [0.25, 0.3) is 0 Å². The molecule has 0 aliphatic heterocycles. The first kappa shape index (κ1) is 10.9. The van der Waals surface area contributed by atoms with E-state index in [1.54, 1.807) is 18.6 Å². The van der Waals surface area contributed by atoms with Crippen LogP contribution in [0.15, 0.2) is 36.8 Å². The Kier molecular flexibility index (Phi) is 3.37. The SMILES string of the molecule is CCc1cc(Cl)ccc1Nc1cnccn1. The Balaban J connectivity index is 2.28. The summed E-state index contributed by atoms with van der Waals surface area (Å²) < 4.78 is 0. The molecule has 0 amide bonds. The molecule has 0 spiro atoms. The van der Waals surface area contributed by atoms with Crippen molar-refractivity contribution in [2.45, 2.75) is 13.3 Å². The number of anilines is 2. The molecule has 0 saturated heterocycles. The number of nitrogens with one attached hydrogen (secondary N) is 1. The molecule has 2 aromatic rings. The number of rotatable bonds is 3. The average molecular weight is 234 g/mol. The summed E-state index contributed by atoms with van der Waals surface area (Å²) in [6.45, 7) is 2.09. The lowest BCUT2D eigenvalue weighted by Gasteiger charge is -2.10. The maximum atomic E-state index is 5.94. The minimum atomic E-state index is 0.736. The van der Waals surface area contributed by atoms with Crippen molar-refractivity contribution in [1.29, 1.82) is 0 Å². The molecule has 4 heteroatoms. The van der Waals surface area contributed by atoms with Crippen LogP contribution < -0.4 is 5.32 Å². The van der Waals surface area contributed by atoms with Crippen LogP contribution in [0.4, 0.5) is 11.5 Å². The first-order valence-electron chi connectivity index (χ1n) is 5.11. The molecular formula is C12H12ClN3. The van der Waals surface area contributed by atoms with Gasteiger partial charge < -0.3 is 5.32 Å². The van der Waals surface area contributed by atoms with Crippen LogP contribution in [-0.2, 0) is 6.42 Å². The van der Waals surface area contributed by atoms with Crippen molar-refractivity contribution in [1.82, 2.24) is 9.97 Å². The first-order chi connectivity index (χ1) is 7.79. The normalized spacial score (nSPS) is 10.1. The zero-order valence-electron chi connectivity index (χ0n) is 8.94. The highest BCUT2D eigenvalue weighted by molar-refractivity contribution is 6.30. The van der Waals surface area contributed by atoms with Crippen LogP contribution in [0.5, 0.6) is 0 Å².